The van der Waals surface area contributed by atoms with Crippen molar-refractivity contribution in [3.8, 4) is 17.2 Å². The lowest BCUT2D eigenvalue weighted by Gasteiger charge is -2.12. The maximum Gasteiger partial charge on any atom is 0.573 e. The van der Waals surface area contributed by atoms with Gasteiger partial charge < -0.3 is 19.9 Å². The van der Waals surface area contributed by atoms with Crippen LogP contribution in [0, 0.1) is 0 Å². The van der Waals surface area contributed by atoms with Crippen LogP contribution in [-0.2, 0) is 0 Å². The maximum atomic E-state index is 12.8. The van der Waals surface area contributed by atoms with Crippen LogP contribution in [-0.4, -0.2) is 28.3 Å². The fourth-order valence-corrected chi connectivity index (χ4v) is 3.19. The van der Waals surface area contributed by atoms with E-state index in [1.807, 2.05) is 0 Å². The van der Waals surface area contributed by atoms with E-state index in [4.69, 9.17) is 9.84 Å². The number of carbonyl (C=O) groups is 2. The van der Waals surface area contributed by atoms with Gasteiger partial charge in [0.05, 0.1) is 0 Å². The molecule has 0 spiro atoms. The minimum atomic E-state index is -4.80. The van der Waals surface area contributed by atoms with E-state index in [-0.39, 0.29) is 5.69 Å². The Bertz CT molecular complexity index is 1370. The molecule has 0 unspecified atom stereocenters. The molecule has 10 heteroatoms. The number of nitrogens with one attached hydrogen (secondary N) is 1. The summed E-state index contributed by atoms with van der Waals surface area (Å²) < 4.78 is 46.4. The van der Waals surface area contributed by atoms with Crippen molar-refractivity contribution in [1.29, 1.82) is 0 Å². The molecule has 1 heterocycles. The number of anilines is 1. The molecule has 0 aliphatic carbocycles. The number of amides is 1. The number of aromatic carboxylic acids is 1. The number of rotatable bonds is 6. The number of halogens is 3. The Hall–Kier alpha value is -4.60. The number of hydrogen-bond donors (Lipinski definition) is 2. The normalized spacial score (nSPS) is 11.1. The van der Waals surface area contributed by atoms with Gasteiger partial charge in [0, 0.05) is 23.5 Å². The number of pyridine rings is 1. The van der Waals surface area contributed by atoms with Gasteiger partial charge in [-0.05, 0) is 65.4 Å². The molecule has 0 radical (unpaired) electrons. The molecule has 0 bridgehead atoms. The predicted octanol–water partition coefficient (Wildman–Crippen LogP) is 5.88. The largest absolute Gasteiger partial charge is 0.573 e. The molecule has 2 N–H and O–H groups in total. The molecule has 0 aliphatic heterocycles. The quantitative estimate of drug-likeness (QED) is 0.367. The number of carbonyl (C=O) groups excluding carboxylic acids is 1. The van der Waals surface area contributed by atoms with Crippen molar-refractivity contribution in [3.05, 3.63) is 90.3 Å². The van der Waals surface area contributed by atoms with Crippen LogP contribution >= 0.6 is 0 Å². The summed E-state index contributed by atoms with van der Waals surface area (Å²) in [5.41, 5.74) is 0.482. The number of alkyl halides is 3. The Kier molecular flexibility index (Phi) is 6.05. The molecule has 0 atom stereocenters. The molecule has 3 aromatic carbocycles. The minimum Gasteiger partial charge on any atom is -0.477 e. The summed E-state index contributed by atoms with van der Waals surface area (Å²) in [5.74, 6) is -1.31. The van der Waals surface area contributed by atoms with Gasteiger partial charge in [-0.3, -0.25) is 4.79 Å². The average Bonchev–Trinajstić information content (AvgIpc) is 2.79. The van der Waals surface area contributed by atoms with Crippen molar-refractivity contribution in [1.82, 2.24) is 4.98 Å². The van der Waals surface area contributed by atoms with Gasteiger partial charge >= 0.3 is 12.3 Å². The van der Waals surface area contributed by atoms with Gasteiger partial charge in [0.15, 0.2) is 5.69 Å². The SMILES string of the molecule is O=C(O)c1cc(Oc2ccc3c(C(=O)Nc4ccc(OC(F)(F)F)cc4)cccc3c2)ccn1. The number of nitrogens with zero attached hydrogens (tertiary/aromatic N) is 1. The number of aromatic nitrogens is 1. The predicted molar refractivity (Wildman–Crippen MR) is 116 cm³/mol. The van der Waals surface area contributed by atoms with Gasteiger partial charge in [0.25, 0.3) is 5.91 Å². The third kappa shape index (κ3) is 5.41. The first-order valence-electron chi connectivity index (χ1n) is 9.75. The first kappa shape index (κ1) is 22.6. The molecule has 1 aromatic heterocycles. The first-order valence-corrected chi connectivity index (χ1v) is 9.75. The smallest absolute Gasteiger partial charge is 0.477 e. The second-order valence-corrected chi connectivity index (χ2v) is 7.00. The zero-order valence-electron chi connectivity index (χ0n) is 17.2. The third-order valence-corrected chi connectivity index (χ3v) is 4.63. The number of fused-ring (bicyclic) bond motifs is 1. The van der Waals surface area contributed by atoms with Crippen LogP contribution in [0.5, 0.6) is 17.2 Å². The summed E-state index contributed by atoms with van der Waals surface area (Å²) in [6.07, 6.45) is -3.48. The molecule has 0 fully saturated rings. The first-order chi connectivity index (χ1) is 16.2. The van der Waals surface area contributed by atoms with Gasteiger partial charge in [-0.25, -0.2) is 9.78 Å². The van der Waals surface area contributed by atoms with Gasteiger partial charge in [-0.15, -0.1) is 13.2 Å². The minimum absolute atomic E-state index is 0.157. The van der Waals surface area contributed by atoms with E-state index in [0.29, 0.717) is 33.5 Å². The number of carboxylic acid groups (broad SMARTS) is 1. The Morgan fingerprint density at radius 2 is 1.59 bits per heavy atom. The summed E-state index contributed by atoms with van der Waals surface area (Å²) >= 11 is 0. The van der Waals surface area contributed by atoms with Crippen molar-refractivity contribution in [3.63, 3.8) is 0 Å². The standard InChI is InChI=1S/C24H15F3N2O5/c25-24(26,27)34-16-6-4-15(5-7-16)29-22(30)20-3-1-2-14-12-17(8-9-19(14)20)33-18-10-11-28-21(13-18)23(31)32/h1-13H,(H,29,30)(H,31,32). The second-order valence-electron chi connectivity index (χ2n) is 7.00. The van der Waals surface area contributed by atoms with Crippen LogP contribution in [0.2, 0.25) is 0 Å². The van der Waals surface area contributed by atoms with Crippen LogP contribution in [0.4, 0.5) is 18.9 Å². The molecular formula is C24H15F3N2O5. The topological polar surface area (TPSA) is 97.8 Å². The summed E-state index contributed by atoms with van der Waals surface area (Å²) in [5, 5.41) is 13.0. The molecule has 34 heavy (non-hydrogen) atoms. The molecular weight excluding hydrogens is 453 g/mol. The van der Waals surface area contributed by atoms with Gasteiger partial charge in [-0.1, -0.05) is 12.1 Å². The van der Waals surface area contributed by atoms with Crippen LogP contribution in [0.15, 0.2) is 79.0 Å². The molecule has 7 nitrogen and oxygen atoms in total. The summed E-state index contributed by atoms with van der Waals surface area (Å²) in [4.78, 5) is 27.6. The van der Waals surface area contributed by atoms with Crippen molar-refractivity contribution < 1.29 is 37.3 Å². The molecule has 4 aromatic rings. The van der Waals surface area contributed by atoms with E-state index in [1.54, 1.807) is 36.4 Å². The van der Waals surface area contributed by atoms with Crippen LogP contribution in [0.3, 0.4) is 0 Å². The summed E-state index contributed by atoms with van der Waals surface area (Å²) in [6, 6.07) is 17.7. The zero-order chi connectivity index (χ0) is 24.3. The summed E-state index contributed by atoms with van der Waals surface area (Å²) in [6.45, 7) is 0. The Morgan fingerprint density at radius 1 is 0.882 bits per heavy atom. The average molecular weight is 468 g/mol. The number of hydrogen-bond acceptors (Lipinski definition) is 5. The lowest BCUT2D eigenvalue weighted by molar-refractivity contribution is -0.274. The van der Waals surface area contributed by atoms with Crippen molar-refractivity contribution in [2.45, 2.75) is 6.36 Å². The fraction of sp³-hybridized carbons (Fsp3) is 0.0417. The van der Waals surface area contributed by atoms with Gasteiger partial charge in [0.2, 0.25) is 0 Å². The number of benzene rings is 3. The van der Waals surface area contributed by atoms with E-state index in [0.717, 1.165) is 12.1 Å². The highest BCUT2D eigenvalue weighted by molar-refractivity contribution is 6.13. The molecule has 4 rings (SSSR count). The monoisotopic (exact) mass is 468 g/mol. The fourth-order valence-electron chi connectivity index (χ4n) is 3.19. The third-order valence-electron chi connectivity index (χ3n) is 4.63. The van der Waals surface area contributed by atoms with E-state index in [1.165, 1.54) is 30.5 Å². The van der Waals surface area contributed by atoms with E-state index < -0.39 is 24.0 Å². The maximum absolute atomic E-state index is 12.8. The zero-order valence-corrected chi connectivity index (χ0v) is 17.2. The molecule has 0 saturated carbocycles. The highest BCUT2D eigenvalue weighted by Crippen LogP contribution is 2.29. The Labute approximate surface area is 190 Å². The Balaban J connectivity index is 1.53. The Morgan fingerprint density at radius 3 is 2.29 bits per heavy atom. The van der Waals surface area contributed by atoms with Crippen molar-refractivity contribution in [2.75, 3.05) is 5.32 Å². The number of ether oxygens (including phenoxy) is 2. The molecule has 0 aliphatic rings. The second kappa shape index (κ2) is 9.10. The lowest BCUT2D eigenvalue weighted by Crippen LogP contribution is -2.17. The van der Waals surface area contributed by atoms with Crippen molar-refractivity contribution in [2.24, 2.45) is 0 Å². The van der Waals surface area contributed by atoms with E-state index >= 15 is 0 Å². The van der Waals surface area contributed by atoms with Gasteiger partial charge in [-0.2, -0.15) is 0 Å². The van der Waals surface area contributed by atoms with E-state index in [9.17, 15) is 22.8 Å². The highest BCUT2D eigenvalue weighted by atomic mass is 19.4. The van der Waals surface area contributed by atoms with Crippen LogP contribution < -0.4 is 14.8 Å². The van der Waals surface area contributed by atoms with Crippen LogP contribution in [0.1, 0.15) is 20.8 Å². The van der Waals surface area contributed by atoms with Gasteiger partial charge in [0.1, 0.15) is 17.2 Å². The highest BCUT2D eigenvalue weighted by Gasteiger charge is 2.31. The van der Waals surface area contributed by atoms with Crippen LogP contribution in [0.25, 0.3) is 10.8 Å². The lowest BCUT2D eigenvalue weighted by atomic mass is 10.0. The molecule has 172 valence electrons. The molecule has 0 saturated heterocycles. The molecule has 1 amide bonds. The van der Waals surface area contributed by atoms with E-state index in [2.05, 4.69) is 15.0 Å². The number of carboxylic acids is 1. The summed E-state index contributed by atoms with van der Waals surface area (Å²) in [7, 11) is 0. The van der Waals surface area contributed by atoms with Crippen molar-refractivity contribution >= 4 is 28.3 Å².